The number of benzene rings is 1. The fraction of sp³-hybridized carbons (Fsp3) is 0.619. The van der Waals surface area contributed by atoms with Crippen LogP contribution in [0.25, 0.3) is 0 Å². The van der Waals surface area contributed by atoms with Gasteiger partial charge in [0.25, 0.3) is 5.91 Å². The highest BCUT2D eigenvalue weighted by molar-refractivity contribution is 5.95. The molecule has 1 aromatic carbocycles. The summed E-state index contributed by atoms with van der Waals surface area (Å²) >= 11 is 0. The summed E-state index contributed by atoms with van der Waals surface area (Å²) in [5, 5.41) is 0. The molecule has 1 aliphatic carbocycles. The molecular formula is C21H27FN2O2. The summed E-state index contributed by atoms with van der Waals surface area (Å²) < 4.78 is 13.3. The largest absolute Gasteiger partial charge is 0.342 e. The summed E-state index contributed by atoms with van der Waals surface area (Å²) in [5.74, 6) is 0.721. The molecule has 0 bridgehead atoms. The van der Waals surface area contributed by atoms with Gasteiger partial charge < -0.3 is 9.80 Å². The van der Waals surface area contributed by atoms with Crippen molar-refractivity contribution in [2.24, 2.45) is 11.3 Å². The minimum Gasteiger partial charge on any atom is -0.342 e. The molecule has 0 unspecified atom stereocenters. The number of hydrogen-bond acceptors (Lipinski definition) is 2. The Bertz CT molecular complexity index is 721. The zero-order valence-electron chi connectivity index (χ0n) is 15.5. The number of rotatable bonds is 3. The van der Waals surface area contributed by atoms with Crippen LogP contribution >= 0.6 is 0 Å². The summed E-state index contributed by atoms with van der Waals surface area (Å²) in [7, 11) is 0. The van der Waals surface area contributed by atoms with E-state index in [2.05, 4.69) is 4.90 Å². The second-order valence-electron chi connectivity index (χ2n) is 8.47. The summed E-state index contributed by atoms with van der Waals surface area (Å²) in [6.45, 7) is 5.02. The molecule has 1 spiro atoms. The third kappa shape index (κ3) is 3.49. The number of carbonyl (C=O) groups excluding carboxylic acids is 2. The number of aryl methyl sites for hydroxylation is 1. The van der Waals surface area contributed by atoms with E-state index in [0.717, 1.165) is 51.4 Å². The normalized spacial score (nSPS) is 22.8. The first-order chi connectivity index (χ1) is 12.5. The molecule has 2 heterocycles. The van der Waals surface area contributed by atoms with Gasteiger partial charge in [0.1, 0.15) is 5.82 Å². The fourth-order valence-corrected chi connectivity index (χ4v) is 4.51. The van der Waals surface area contributed by atoms with Gasteiger partial charge in [-0.1, -0.05) is 0 Å². The molecule has 2 amide bonds. The van der Waals surface area contributed by atoms with Crippen LogP contribution in [0, 0.1) is 24.1 Å². The van der Waals surface area contributed by atoms with E-state index in [0.29, 0.717) is 23.5 Å². The Hall–Kier alpha value is -1.91. The summed E-state index contributed by atoms with van der Waals surface area (Å²) in [6, 6.07) is 4.36. The lowest BCUT2D eigenvalue weighted by molar-refractivity contribution is -0.139. The molecule has 26 heavy (non-hydrogen) atoms. The highest BCUT2D eigenvalue weighted by Crippen LogP contribution is 2.42. The third-order valence-corrected chi connectivity index (χ3v) is 6.45. The molecule has 0 radical (unpaired) electrons. The maximum atomic E-state index is 13.3. The molecule has 1 aromatic rings. The highest BCUT2D eigenvalue weighted by atomic mass is 19.1. The maximum absolute atomic E-state index is 13.3. The minimum absolute atomic E-state index is 0.000859. The average Bonchev–Trinajstić information content (AvgIpc) is 3.43. The smallest absolute Gasteiger partial charge is 0.254 e. The van der Waals surface area contributed by atoms with Gasteiger partial charge in [0, 0.05) is 38.2 Å². The van der Waals surface area contributed by atoms with Gasteiger partial charge in [-0.25, -0.2) is 4.39 Å². The molecule has 3 aliphatic rings. The van der Waals surface area contributed by atoms with Gasteiger partial charge in [-0.3, -0.25) is 9.59 Å². The summed E-state index contributed by atoms with van der Waals surface area (Å²) in [4.78, 5) is 29.0. The van der Waals surface area contributed by atoms with E-state index in [1.165, 1.54) is 25.0 Å². The zero-order valence-corrected chi connectivity index (χ0v) is 15.5. The van der Waals surface area contributed by atoms with Crippen LogP contribution in [-0.4, -0.2) is 47.8 Å². The molecular weight excluding hydrogens is 331 g/mol. The van der Waals surface area contributed by atoms with Gasteiger partial charge >= 0.3 is 0 Å². The van der Waals surface area contributed by atoms with Crippen molar-refractivity contribution in [2.45, 2.75) is 45.4 Å². The van der Waals surface area contributed by atoms with Crippen LogP contribution in [0.1, 0.15) is 54.4 Å². The van der Waals surface area contributed by atoms with E-state index >= 15 is 0 Å². The van der Waals surface area contributed by atoms with Crippen molar-refractivity contribution in [3.63, 3.8) is 0 Å². The third-order valence-electron chi connectivity index (χ3n) is 6.45. The zero-order chi connectivity index (χ0) is 18.3. The number of carbonyl (C=O) groups is 2. The lowest BCUT2D eigenvalue weighted by Gasteiger charge is -2.47. The number of hydrogen-bond donors (Lipinski definition) is 0. The van der Waals surface area contributed by atoms with Gasteiger partial charge in [0.05, 0.1) is 0 Å². The van der Waals surface area contributed by atoms with Crippen molar-refractivity contribution >= 4 is 11.8 Å². The van der Waals surface area contributed by atoms with Crippen LogP contribution in [0.5, 0.6) is 0 Å². The van der Waals surface area contributed by atoms with E-state index in [9.17, 15) is 14.0 Å². The predicted molar refractivity (Wildman–Crippen MR) is 97.2 cm³/mol. The first kappa shape index (κ1) is 17.5. The molecule has 0 aromatic heterocycles. The second-order valence-corrected chi connectivity index (χ2v) is 8.47. The van der Waals surface area contributed by atoms with Crippen molar-refractivity contribution < 1.29 is 14.0 Å². The number of amides is 2. The van der Waals surface area contributed by atoms with Gasteiger partial charge in [-0.05, 0) is 74.1 Å². The van der Waals surface area contributed by atoms with Gasteiger partial charge in [0.2, 0.25) is 5.91 Å². The van der Waals surface area contributed by atoms with Crippen molar-refractivity contribution in [2.75, 3.05) is 26.2 Å². The van der Waals surface area contributed by atoms with Crippen LogP contribution in [0.3, 0.4) is 0 Å². The number of piperidine rings is 2. The number of nitrogens with zero attached hydrogens (tertiary/aromatic N) is 2. The standard InChI is InChI=1S/C21H27FN2O2/c1-15-12-17(22)4-5-18(15)20(26)23-10-8-21(9-11-23)7-6-19(25)24(14-21)13-16-2-3-16/h4-5,12,16H,2-3,6-11,13-14H2,1H3. The Morgan fingerprint density at radius 1 is 1.23 bits per heavy atom. The Kier molecular flexibility index (Phi) is 4.49. The van der Waals surface area contributed by atoms with E-state index in [1.54, 1.807) is 13.0 Å². The molecule has 2 saturated heterocycles. The Morgan fingerprint density at radius 2 is 1.96 bits per heavy atom. The van der Waals surface area contributed by atoms with E-state index in [1.807, 2.05) is 4.90 Å². The minimum atomic E-state index is -0.306. The highest BCUT2D eigenvalue weighted by Gasteiger charge is 2.42. The molecule has 4 rings (SSSR count). The number of halogens is 1. The Morgan fingerprint density at radius 3 is 2.62 bits per heavy atom. The molecule has 5 heteroatoms. The SMILES string of the molecule is Cc1cc(F)ccc1C(=O)N1CCC2(CCC(=O)N(CC3CC3)C2)CC1. The van der Waals surface area contributed by atoms with Crippen LogP contribution in [-0.2, 0) is 4.79 Å². The molecule has 4 nitrogen and oxygen atoms in total. The summed E-state index contributed by atoms with van der Waals surface area (Å²) in [5.41, 5.74) is 1.46. The lowest BCUT2D eigenvalue weighted by Crippen LogP contribution is -2.52. The van der Waals surface area contributed by atoms with Crippen LogP contribution in [0.15, 0.2) is 18.2 Å². The topological polar surface area (TPSA) is 40.6 Å². The van der Waals surface area contributed by atoms with E-state index < -0.39 is 0 Å². The molecule has 0 atom stereocenters. The van der Waals surface area contributed by atoms with Crippen molar-refractivity contribution in [1.82, 2.24) is 9.80 Å². The van der Waals surface area contributed by atoms with Gasteiger partial charge in [-0.2, -0.15) is 0 Å². The van der Waals surface area contributed by atoms with Crippen molar-refractivity contribution in [3.05, 3.63) is 35.1 Å². The van der Waals surface area contributed by atoms with E-state index in [-0.39, 0.29) is 17.1 Å². The predicted octanol–water partition coefficient (Wildman–Crippen LogP) is 3.39. The molecule has 3 fully saturated rings. The fourth-order valence-electron chi connectivity index (χ4n) is 4.51. The monoisotopic (exact) mass is 358 g/mol. The molecule has 0 N–H and O–H groups in total. The Labute approximate surface area is 154 Å². The van der Waals surface area contributed by atoms with Crippen LogP contribution < -0.4 is 0 Å². The van der Waals surface area contributed by atoms with Gasteiger partial charge in [0.15, 0.2) is 0 Å². The first-order valence-electron chi connectivity index (χ1n) is 9.79. The maximum Gasteiger partial charge on any atom is 0.254 e. The second kappa shape index (κ2) is 6.67. The van der Waals surface area contributed by atoms with Crippen molar-refractivity contribution in [3.8, 4) is 0 Å². The first-order valence-corrected chi connectivity index (χ1v) is 9.79. The van der Waals surface area contributed by atoms with Gasteiger partial charge in [-0.15, -0.1) is 0 Å². The number of likely N-dealkylation sites (tertiary alicyclic amines) is 2. The van der Waals surface area contributed by atoms with Crippen LogP contribution in [0.2, 0.25) is 0 Å². The average molecular weight is 358 g/mol. The van der Waals surface area contributed by atoms with Crippen LogP contribution in [0.4, 0.5) is 4.39 Å². The van der Waals surface area contributed by atoms with E-state index in [4.69, 9.17) is 0 Å². The van der Waals surface area contributed by atoms with Crippen molar-refractivity contribution in [1.29, 1.82) is 0 Å². The summed E-state index contributed by atoms with van der Waals surface area (Å²) in [6.07, 6.45) is 6.02. The molecule has 2 aliphatic heterocycles. The Balaban J connectivity index is 1.40. The molecule has 140 valence electrons. The quantitative estimate of drug-likeness (QED) is 0.831. The molecule has 1 saturated carbocycles. The lowest BCUT2D eigenvalue weighted by atomic mass is 9.72.